The normalized spacial score (nSPS) is 28.8. The zero-order valence-electron chi connectivity index (χ0n) is 14.4. The average Bonchev–Trinajstić information content (AvgIpc) is 2.54. The van der Waals surface area contributed by atoms with Gasteiger partial charge < -0.3 is 10.6 Å². The third-order valence-electron chi connectivity index (χ3n) is 5.47. The molecular formula is C19H24ClFN2O2. The van der Waals surface area contributed by atoms with Gasteiger partial charge in [0.15, 0.2) is 0 Å². The Hall–Kier alpha value is -1.62. The van der Waals surface area contributed by atoms with E-state index in [2.05, 4.69) is 17.6 Å². The fourth-order valence-electron chi connectivity index (χ4n) is 4.33. The van der Waals surface area contributed by atoms with E-state index in [9.17, 15) is 14.0 Å². The van der Waals surface area contributed by atoms with E-state index in [-0.39, 0.29) is 34.5 Å². The van der Waals surface area contributed by atoms with Gasteiger partial charge in [-0.15, -0.1) is 0 Å². The molecule has 1 heterocycles. The minimum atomic E-state index is -0.464. The summed E-state index contributed by atoms with van der Waals surface area (Å²) in [7, 11) is 0. The lowest BCUT2D eigenvalue weighted by Gasteiger charge is -2.44. The molecule has 1 saturated heterocycles. The maximum Gasteiger partial charge on any atom is 0.253 e. The molecule has 2 fully saturated rings. The molecule has 1 saturated carbocycles. The molecule has 2 aliphatic rings. The Balaban J connectivity index is 1.64. The summed E-state index contributed by atoms with van der Waals surface area (Å²) < 4.78 is 13.1. The number of amides is 2. The van der Waals surface area contributed by atoms with E-state index in [0.717, 1.165) is 38.2 Å². The summed E-state index contributed by atoms with van der Waals surface area (Å²) in [5.74, 6) is 0.315. The highest BCUT2D eigenvalue weighted by atomic mass is 35.5. The van der Waals surface area contributed by atoms with Crippen molar-refractivity contribution in [2.24, 2.45) is 11.8 Å². The largest absolute Gasteiger partial charge is 0.353 e. The van der Waals surface area contributed by atoms with Crippen molar-refractivity contribution in [3.05, 3.63) is 34.6 Å². The molecule has 2 N–H and O–H groups in total. The van der Waals surface area contributed by atoms with Gasteiger partial charge in [-0.1, -0.05) is 24.9 Å². The number of piperidine rings is 1. The first-order valence-electron chi connectivity index (χ1n) is 9.03. The van der Waals surface area contributed by atoms with E-state index in [1.165, 1.54) is 12.1 Å². The number of carbonyl (C=O) groups excluding carboxylic acids is 2. The summed E-state index contributed by atoms with van der Waals surface area (Å²) in [5.41, 5.74) is 0.279. The molecule has 0 bridgehead atoms. The monoisotopic (exact) mass is 366 g/mol. The molecule has 136 valence electrons. The lowest BCUT2D eigenvalue weighted by atomic mass is 9.70. The number of hydrogen-bond donors (Lipinski definition) is 2. The first-order valence-corrected chi connectivity index (χ1v) is 9.41. The molecule has 2 amide bonds. The second-order valence-corrected chi connectivity index (χ2v) is 7.61. The van der Waals surface area contributed by atoms with Gasteiger partial charge in [0.25, 0.3) is 5.91 Å². The van der Waals surface area contributed by atoms with Gasteiger partial charge in [-0.2, -0.15) is 0 Å². The van der Waals surface area contributed by atoms with E-state index >= 15 is 0 Å². The second-order valence-electron chi connectivity index (χ2n) is 7.20. The van der Waals surface area contributed by atoms with Gasteiger partial charge in [-0.05, 0) is 55.7 Å². The van der Waals surface area contributed by atoms with Crippen molar-refractivity contribution in [3.8, 4) is 0 Å². The molecule has 6 heteroatoms. The van der Waals surface area contributed by atoms with Gasteiger partial charge in [0.05, 0.1) is 10.6 Å². The van der Waals surface area contributed by atoms with Gasteiger partial charge in [-0.3, -0.25) is 9.59 Å². The fraction of sp³-hybridized carbons (Fsp3) is 0.579. The SMILES string of the molecule is CCCC1CC(=O)NC2CC(NC(=O)c3ccc(F)cc3Cl)CCC12. The first kappa shape index (κ1) is 18.2. The number of carbonyl (C=O) groups is 2. The van der Waals surface area contributed by atoms with E-state index in [4.69, 9.17) is 11.6 Å². The molecule has 3 rings (SSSR count). The predicted molar refractivity (Wildman–Crippen MR) is 95.0 cm³/mol. The van der Waals surface area contributed by atoms with Gasteiger partial charge >= 0.3 is 0 Å². The standard InChI is InChI=1S/C19H24ClFN2O2/c1-2-3-11-8-18(24)23-17-10-13(5-7-14(11)17)22-19(25)15-6-4-12(21)9-16(15)20/h4,6,9,11,13-14,17H,2-3,5,7-8,10H2,1H3,(H,22,25)(H,23,24). The van der Waals surface area contributed by atoms with E-state index in [1.54, 1.807) is 0 Å². The number of rotatable bonds is 4. The van der Waals surface area contributed by atoms with E-state index < -0.39 is 5.82 Å². The Morgan fingerprint density at radius 1 is 1.40 bits per heavy atom. The van der Waals surface area contributed by atoms with Crippen LogP contribution in [-0.2, 0) is 4.79 Å². The molecule has 4 unspecified atom stereocenters. The summed E-state index contributed by atoms with van der Waals surface area (Å²) in [6, 6.07) is 3.90. The third kappa shape index (κ3) is 4.14. The lowest BCUT2D eigenvalue weighted by Crippen LogP contribution is -2.55. The number of hydrogen-bond acceptors (Lipinski definition) is 2. The molecule has 4 nitrogen and oxygen atoms in total. The smallest absolute Gasteiger partial charge is 0.253 e. The molecule has 1 aromatic rings. The molecule has 25 heavy (non-hydrogen) atoms. The minimum absolute atomic E-state index is 0.00412. The number of benzene rings is 1. The van der Waals surface area contributed by atoms with Crippen molar-refractivity contribution < 1.29 is 14.0 Å². The van der Waals surface area contributed by atoms with Crippen molar-refractivity contribution in [1.82, 2.24) is 10.6 Å². The van der Waals surface area contributed by atoms with E-state index in [0.29, 0.717) is 18.3 Å². The Kier molecular flexibility index (Phi) is 5.62. The topological polar surface area (TPSA) is 58.2 Å². The first-order chi connectivity index (χ1) is 12.0. The molecule has 0 spiro atoms. The van der Waals surface area contributed by atoms with Crippen molar-refractivity contribution in [3.63, 3.8) is 0 Å². The van der Waals surface area contributed by atoms with E-state index in [1.807, 2.05) is 0 Å². The number of fused-ring (bicyclic) bond motifs is 1. The van der Waals surface area contributed by atoms with Gasteiger partial charge in [0.1, 0.15) is 5.82 Å². The quantitative estimate of drug-likeness (QED) is 0.853. The van der Waals surface area contributed by atoms with Crippen LogP contribution in [0.1, 0.15) is 55.8 Å². The summed E-state index contributed by atoms with van der Waals surface area (Å²) in [4.78, 5) is 24.4. The van der Waals surface area contributed by atoms with Gasteiger partial charge in [0.2, 0.25) is 5.91 Å². The lowest BCUT2D eigenvalue weighted by molar-refractivity contribution is -0.127. The summed E-state index contributed by atoms with van der Waals surface area (Å²) in [5, 5.41) is 6.21. The maximum atomic E-state index is 13.1. The van der Waals surface area contributed by atoms with Gasteiger partial charge in [0, 0.05) is 18.5 Å². The second kappa shape index (κ2) is 7.73. The summed E-state index contributed by atoms with van der Waals surface area (Å²) in [6.07, 6.45) is 5.42. The zero-order valence-corrected chi connectivity index (χ0v) is 15.1. The number of halogens is 2. The fourth-order valence-corrected chi connectivity index (χ4v) is 4.59. The molecule has 1 aliphatic carbocycles. The van der Waals surface area contributed by atoms with Crippen LogP contribution in [0.15, 0.2) is 18.2 Å². The van der Waals surface area contributed by atoms with Crippen LogP contribution in [0.3, 0.4) is 0 Å². The minimum Gasteiger partial charge on any atom is -0.353 e. The molecular weight excluding hydrogens is 343 g/mol. The molecule has 0 aromatic heterocycles. The highest BCUT2D eigenvalue weighted by molar-refractivity contribution is 6.33. The average molecular weight is 367 g/mol. The molecule has 4 atom stereocenters. The molecule has 1 aliphatic heterocycles. The Morgan fingerprint density at radius 3 is 2.92 bits per heavy atom. The van der Waals surface area contributed by atoms with Crippen LogP contribution in [0.25, 0.3) is 0 Å². The van der Waals surface area contributed by atoms with Crippen LogP contribution < -0.4 is 10.6 Å². The van der Waals surface area contributed by atoms with Crippen LogP contribution >= 0.6 is 11.6 Å². The third-order valence-corrected chi connectivity index (χ3v) is 5.79. The predicted octanol–water partition coefficient (Wildman–Crippen LogP) is 3.68. The van der Waals surface area contributed by atoms with Crippen molar-refractivity contribution in [2.75, 3.05) is 0 Å². The molecule has 1 aromatic carbocycles. The van der Waals surface area contributed by atoms with Crippen LogP contribution in [0.2, 0.25) is 5.02 Å². The Morgan fingerprint density at radius 2 is 2.20 bits per heavy atom. The Labute approximate surface area is 152 Å². The van der Waals surface area contributed by atoms with Crippen molar-refractivity contribution in [2.45, 2.75) is 57.5 Å². The van der Waals surface area contributed by atoms with Crippen LogP contribution in [-0.4, -0.2) is 23.9 Å². The van der Waals surface area contributed by atoms with Crippen LogP contribution in [0.5, 0.6) is 0 Å². The van der Waals surface area contributed by atoms with Crippen LogP contribution in [0, 0.1) is 17.7 Å². The highest BCUT2D eigenvalue weighted by Crippen LogP contribution is 2.37. The number of nitrogens with one attached hydrogen (secondary N) is 2. The zero-order chi connectivity index (χ0) is 18.0. The Bertz CT molecular complexity index is 667. The van der Waals surface area contributed by atoms with Gasteiger partial charge in [-0.25, -0.2) is 4.39 Å². The van der Waals surface area contributed by atoms with Crippen LogP contribution in [0.4, 0.5) is 4.39 Å². The van der Waals surface area contributed by atoms with Crippen molar-refractivity contribution in [1.29, 1.82) is 0 Å². The molecule has 0 radical (unpaired) electrons. The maximum absolute atomic E-state index is 13.1. The summed E-state index contributed by atoms with van der Waals surface area (Å²) in [6.45, 7) is 2.15. The highest BCUT2D eigenvalue weighted by Gasteiger charge is 2.40. The summed E-state index contributed by atoms with van der Waals surface area (Å²) >= 11 is 5.97. The van der Waals surface area contributed by atoms with Crippen molar-refractivity contribution >= 4 is 23.4 Å².